The molecule has 9 heteroatoms. The molecule has 3 aromatic rings. The zero-order valence-electron chi connectivity index (χ0n) is 14.8. The van der Waals surface area contributed by atoms with E-state index in [1.54, 1.807) is 5.38 Å². The standard InChI is InChI=1S/C19H15ClN4O3S/c1-2-12-3-5-13(6-4-12)19-22-17(11-28-19)18(25)23-21-10-14-9-15(24(26)27)7-8-16(14)20/h3-11H,2H2,1H3,(H,23,25)/b21-10-. The number of nitro groups is 1. The molecule has 0 saturated carbocycles. The van der Waals surface area contributed by atoms with E-state index in [0.717, 1.165) is 17.0 Å². The average Bonchev–Trinajstić information content (AvgIpc) is 3.19. The SMILES string of the molecule is CCc1ccc(-c2nc(C(=O)N/N=C\c3cc([N+](=O)[O-])ccc3Cl)cs2)cc1. The van der Waals surface area contributed by atoms with Gasteiger partial charge in [-0.1, -0.05) is 42.8 Å². The van der Waals surface area contributed by atoms with Crippen LogP contribution in [0.25, 0.3) is 10.6 Å². The Labute approximate surface area is 169 Å². The number of hydrazone groups is 1. The van der Waals surface area contributed by atoms with Crippen LogP contribution in [0.5, 0.6) is 0 Å². The highest BCUT2D eigenvalue weighted by Gasteiger charge is 2.12. The first kappa shape index (κ1) is 19.7. The zero-order chi connectivity index (χ0) is 20.1. The van der Waals surface area contributed by atoms with Crippen LogP contribution in [-0.4, -0.2) is 22.0 Å². The van der Waals surface area contributed by atoms with Crippen LogP contribution in [0.2, 0.25) is 5.02 Å². The number of nitrogens with zero attached hydrogens (tertiary/aromatic N) is 3. The number of nitrogens with one attached hydrogen (secondary N) is 1. The fraction of sp³-hybridized carbons (Fsp3) is 0.105. The summed E-state index contributed by atoms with van der Waals surface area (Å²) in [5.74, 6) is -0.481. The molecule has 1 N–H and O–H groups in total. The number of benzene rings is 2. The van der Waals surface area contributed by atoms with E-state index in [0.29, 0.717) is 5.56 Å². The Hall–Kier alpha value is -3.10. The topological polar surface area (TPSA) is 97.5 Å². The Kier molecular flexibility index (Phi) is 6.13. The number of amides is 1. The fourth-order valence-corrected chi connectivity index (χ4v) is 3.33. The predicted octanol–water partition coefficient (Wildman–Crippen LogP) is 4.70. The number of aryl methyl sites for hydroxylation is 1. The van der Waals surface area contributed by atoms with E-state index in [-0.39, 0.29) is 16.4 Å². The maximum Gasteiger partial charge on any atom is 0.290 e. The molecule has 28 heavy (non-hydrogen) atoms. The lowest BCUT2D eigenvalue weighted by Gasteiger charge is -1.99. The number of thiazole rings is 1. The summed E-state index contributed by atoms with van der Waals surface area (Å²) in [6, 6.07) is 12.0. The van der Waals surface area contributed by atoms with Crippen LogP contribution in [0, 0.1) is 10.1 Å². The van der Waals surface area contributed by atoms with Crippen molar-refractivity contribution in [2.45, 2.75) is 13.3 Å². The second-order valence-corrected chi connectivity index (χ2v) is 7.02. The van der Waals surface area contributed by atoms with E-state index in [9.17, 15) is 14.9 Å². The molecule has 0 saturated heterocycles. The number of carbonyl (C=O) groups excluding carboxylic acids is 1. The highest BCUT2D eigenvalue weighted by atomic mass is 35.5. The molecule has 1 heterocycles. The van der Waals surface area contributed by atoms with Crippen molar-refractivity contribution in [2.75, 3.05) is 0 Å². The molecule has 1 amide bonds. The van der Waals surface area contributed by atoms with Crippen molar-refractivity contribution in [3.63, 3.8) is 0 Å². The molecule has 1 aromatic heterocycles. The molecule has 0 atom stereocenters. The maximum atomic E-state index is 12.2. The molecular formula is C19H15ClN4O3S. The monoisotopic (exact) mass is 414 g/mol. The van der Waals surface area contributed by atoms with Crippen molar-refractivity contribution in [3.8, 4) is 10.6 Å². The summed E-state index contributed by atoms with van der Waals surface area (Å²) in [6.07, 6.45) is 2.21. The Bertz CT molecular complexity index is 1050. The van der Waals surface area contributed by atoms with Crippen LogP contribution in [0.15, 0.2) is 52.9 Å². The summed E-state index contributed by atoms with van der Waals surface area (Å²) in [5.41, 5.74) is 4.97. The number of hydrogen-bond donors (Lipinski definition) is 1. The van der Waals surface area contributed by atoms with E-state index in [2.05, 4.69) is 22.4 Å². The molecule has 0 fully saturated rings. The smallest absolute Gasteiger partial charge is 0.266 e. The number of nitro benzene ring substituents is 1. The lowest BCUT2D eigenvalue weighted by molar-refractivity contribution is -0.384. The van der Waals surface area contributed by atoms with Crippen molar-refractivity contribution >= 4 is 40.7 Å². The Morgan fingerprint density at radius 1 is 1.32 bits per heavy atom. The van der Waals surface area contributed by atoms with Gasteiger partial charge in [0.05, 0.1) is 11.1 Å². The van der Waals surface area contributed by atoms with Crippen molar-refractivity contribution in [2.24, 2.45) is 5.10 Å². The number of non-ortho nitro benzene ring substituents is 1. The van der Waals surface area contributed by atoms with Crippen LogP contribution < -0.4 is 5.43 Å². The Morgan fingerprint density at radius 2 is 2.07 bits per heavy atom. The molecule has 142 valence electrons. The Balaban J connectivity index is 1.68. The summed E-state index contributed by atoms with van der Waals surface area (Å²) in [6.45, 7) is 2.09. The molecule has 0 bridgehead atoms. The number of hydrogen-bond acceptors (Lipinski definition) is 6. The van der Waals surface area contributed by atoms with Crippen LogP contribution in [0.1, 0.15) is 28.5 Å². The van der Waals surface area contributed by atoms with E-state index in [4.69, 9.17) is 11.6 Å². The largest absolute Gasteiger partial charge is 0.290 e. The van der Waals surface area contributed by atoms with Gasteiger partial charge < -0.3 is 0 Å². The van der Waals surface area contributed by atoms with Gasteiger partial charge in [0.1, 0.15) is 10.7 Å². The lowest BCUT2D eigenvalue weighted by atomic mass is 10.1. The first-order valence-corrected chi connectivity index (χ1v) is 9.56. The van der Waals surface area contributed by atoms with Gasteiger partial charge in [0.2, 0.25) is 0 Å². The zero-order valence-corrected chi connectivity index (χ0v) is 16.3. The quantitative estimate of drug-likeness (QED) is 0.359. The van der Waals surface area contributed by atoms with Gasteiger partial charge in [-0.25, -0.2) is 10.4 Å². The van der Waals surface area contributed by atoms with Gasteiger partial charge in [-0.15, -0.1) is 11.3 Å². The van der Waals surface area contributed by atoms with Crippen LogP contribution in [-0.2, 0) is 6.42 Å². The van der Waals surface area contributed by atoms with E-state index < -0.39 is 10.8 Å². The highest BCUT2D eigenvalue weighted by Crippen LogP contribution is 2.24. The predicted molar refractivity (Wildman–Crippen MR) is 110 cm³/mol. The summed E-state index contributed by atoms with van der Waals surface area (Å²) < 4.78 is 0. The number of carbonyl (C=O) groups is 1. The molecule has 3 rings (SSSR count). The third kappa shape index (κ3) is 4.59. The van der Waals surface area contributed by atoms with Gasteiger partial charge in [0.25, 0.3) is 11.6 Å². The number of aromatic nitrogens is 1. The van der Waals surface area contributed by atoms with Gasteiger partial charge in [0.15, 0.2) is 0 Å². The average molecular weight is 415 g/mol. The molecule has 7 nitrogen and oxygen atoms in total. The number of rotatable bonds is 6. The summed E-state index contributed by atoms with van der Waals surface area (Å²) >= 11 is 7.35. The molecule has 0 aliphatic rings. The second-order valence-electron chi connectivity index (χ2n) is 5.75. The van der Waals surface area contributed by atoms with Gasteiger partial charge in [-0.3, -0.25) is 14.9 Å². The van der Waals surface area contributed by atoms with Crippen molar-refractivity contribution in [1.29, 1.82) is 0 Å². The van der Waals surface area contributed by atoms with Crippen LogP contribution in [0.3, 0.4) is 0 Å². The Morgan fingerprint density at radius 3 is 2.75 bits per heavy atom. The lowest BCUT2D eigenvalue weighted by Crippen LogP contribution is -2.18. The fourth-order valence-electron chi connectivity index (χ4n) is 2.36. The van der Waals surface area contributed by atoms with Crippen molar-refractivity contribution in [3.05, 3.63) is 79.8 Å². The number of halogens is 1. The summed E-state index contributed by atoms with van der Waals surface area (Å²) in [7, 11) is 0. The molecule has 0 unspecified atom stereocenters. The van der Waals surface area contributed by atoms with Crippen LogP contribution >= 0.6 is 22.9 Å². The summed E-state index contributed by atoms with van der Waals surface area (Å²) in [5, 5.41) is 17.3. The van der Waals surface area contributed by atoms with Gasteiger partial charge in [-0.2, -0.15) is 5.10 Å². The first-order chi connectivity index (χ1) is 13.5. The molecule has 2 aromatic carbocycles. The minimum atomic E-state index is -0.532. The highest BCUT2D eigenvalue weighted by molar-refractivity contribution is 7.13. The minimum absolute atomic E-state index is 0.115. The van der Waals surface area contributed by atoms with Crippen molar-refractivity contribution < 1.29 is 9.72 Å². The molecule has 0 radical (unpaired) electrons. The van der Waals surface area contributed by atoms with Gasteiger partial charge in [0, 0.05) is 33.7 Å². The summed E-state index contributed by atoms with van der Waals surface area (Å²) in [4.78, 5) is 26.8. The normalized spacial score (nSPS) is 10.9. The molecule has 0 aliphatic carbocycles. The van der Waals surface area contributed by atoms with Crippen molar-refractivity contribution in [1.82, 2.24) is 10.4 Å². The van der Waals surface area contributed by atoms with E-state index in [1.165, 1.54) is 41.3 Å². The molecular weight excluding hydrogens is 400 g/mol. The maximum absolute atomic E-state index is 12.2. The third-order valence-electron chi connectivity index (χ3n) is 3.91. The van der Waals surface area contributed by atoms with Crippen LogP contribution in [0.4, 0.5) is 5.69 Å². The van der Waals surface area contributed by atoms with Gasteiger partial charge >= 0.3 is 0 Å². The van der Waals surface area contributed by atoms with E-state index >= 15 is 0 Å². The first-order valence-electron chi connectivity index (χ1n) is 8.30. The molecule has 0 aliphatic heterocycles. The minimum Gasteiger partial charge on any atom is -0.266 e. The molecule has 0 spiro atoms. The second kappa shape index (κ2) is 8.73. The van der Waals surface area contributed by atoms with Gasteiger partial charge in [-0.05, 0) is 18.1 Å². The van der Waals surface area contributed by atoms with E-state index in [1.807, 2.05) is 24.3 Å². The third-order valence-corrected chi connectivity index (χ3v) is 5.14.